The summed E-state index contributed by atoms with van der Waals surface area (Å²) in [6.45, 7) is 0.587. The van der Waals surface area contributed by atoms with Crippen LogP contribution in [0.15, 0.2) is 65.6 Å². The Hall–Kier alpha value is -3.92. The highest BCUT2D eigenvalue weighted by Gasteiger charge is 2.40. The van der Waals surface area contributed by atoms with Gasteiger partial charge >= 0.3 is 0 Å². The number of sulfonamides is 1. The molecule has 10 heteroatoms. The van der Waals surface area contributed by atoms with Gasteiger partial charge in [-0.05, 0) is 30.3 Å². The largest absolute Gasteiger partial charge is 0.495 e. The van der Waals surface area contributed by atoms with Crippen LogP contribution in [0.4, 0.5) is 21.5 Å². The molecule has 2 aliphatic rings. The maximum Gasteiger partial charge on any atom is 0.268 e. The van der Waals surface area contributed by atoms with Crippen LogP contribution in [0, 0.1) is 5.82 Å². The number of amides is 2. The van der Waals surface area contributed by atoms with Crippen LogP contribution in [0.2, 0.25) is 0 Å². The highest BCUT2D eigenvalue weighted by molar-refractivity contribution is 7.93. The predicted molar refractivity (Wildman–Crippen MR) is 125 cm³/mol. The van der Waals surface area contributed by atoms with Crippen molar-refractivity contribution in [3.05, 3.63) is 77.6 Å². The molecule has 0 saturated carbocycles. The van der Waals surface area contributed by atoms with Crippen molar-refractivity contribution in [1.29, 1.82) is 0 Å². The molecule has 0 N–H and O–H groups in total. The number of likely N-dealkylation sites (N-methyl/N-ethyl adjacent to an activating group) is 1. The highest BCUT2D eigenvalue weighted by Crippen LogP contribution is 2.40. The zero-order valence-corrected chi connectivity index (χ0v) is 19.2. The molecule has 3 aromatic rings. The van der Waals surface area contributed by atoms with E-state index in [-0.39, 0.29) is 28.3 Å². The summed E-state index contributed by atoms with van der Waals surface area (Å²) in [5.41, 5.74) is 0.983. The molecule has 0 aromatic heterocycles. The van der Waals surface area contributed by atoms with Crippen LogP contribution in [0.1, 0.15) is 20.7 Å². The van der Waals surface area contributed by atoms with Crippen molar-refractivity contribution in [1.82, 2.24) is 0 Å². The van der Waals surface area contributed by atoms with Gasteiger partial charge in [0.15, 0.2) is 5.82 Å². The molecule has 0 saturated heterocycles. The summed E-state index contributed by atoms with van der Waals surface area (Å²) in [7, 11) is -1.15. The van der Waals surface area contributed by atoms with E-state index in [1.54, 1.807) is 24.3 Å². The van der Waals surface area contributed by atoms with Crippen molar-refractivity contribution < 1.29 is 27.1 Å². The molecule has 0 atom stereocenters. The molecule has 3 aromatic carbocycles. The molecular weight excluding hydrogens is 461 g/mol. The van der Waals surface area contributed by atoms with Gasteiger partial charge in [0.1, 0.15) is 10.6 Å². The average Bonchev–Trinajstić information content (AvgIpc) is 3.09. The Morgan fingerprint density at radius 3 is 2.06 bits per heavy atom. The van der Waals surface area contributed by atoms with Crippen molar-refractivity contribution in [3.8, 4) is 5.75 Å². The van der Waals surface area contributed by atoms with Gasteiger partial charge in [-0.25, -0.2) is 17.7 Å². The molecule has 0 bridgehead atoms. The van der Waals surface area contributed by atoms with Crippen LogP contribution < -0.4 is 18.8 Å². The lowest BCUT2D eigenvalue weighted by atomic mass is 10.1. The van der Waals surface area contributed by atoms with E-state index in [0.29, 0.717) is 17.1 Å². The summed E-state index contributed by atoms with van der Waals surface area (Å²) in [5, 5.41) is 0. The second-order valence-electron chi connectivity index (χ2n) is 7.93. The average molecular weight is 482 g/mol. The lowest BCUT2D eigenvalue weighted by Crippen LogP contribution is -2.42. The normalized spacial score (nSPS) is 15.4. The highest BCUT2D eigenvalue weighted by atomic mass is 32.2. The topological polar surface area (TPSA) is 87.2 Å². The van der Waals surface area contributed by atoms with Crippen LogP contribution >= 0.6 is 0 Å². The Bertz CT molecular complexity index is 1420. The number of hydrogen-bond acceptors (Lipinski definition) is 6. The third-order valence-electron chi connectivity index (χ3n) is 6.04. The van der Waals surface area contributed by atoms with Crippen LogP contribution in [0.3, 0.4) is 0 Å². The van der Waals surface area contributed by atoms with Gasteiger partial charge in [-0.1, -0.05) is 24.3 Å². The maximum absolute atomic E-state index is 15.1. The van der Waals surface area contributed by atoms with E-state index in [2.05, 4.69) is 0 Å². The SMILES string of the molecule is COc1cc(F)c(N2C(=O)c3ccccc3C2=O)cc1S(=O)(=O)N1CCN(C)c2ccccc21. The number of anilines is 3. The number of halogens is 1. The maximum atomic E-state index is 15.1. The smallest absolute Gasteiger partial charge is 0.268 e. The zero-order chi connectivity index (χ0) is 24.2. The first-order valence-electron chi connectivity index (χ1n) is 10.4. The van der Waals surface area contributed by atoms with Crippen LogP contribution in [0.5, 0.6) is 5.75 Å². The summed E-state index contributed by atoms with van der Waals surface area (Å²) in [4.78, 5) is 28.1. The van der Waals surface area contributed by atoms with E-state index in [1.165, 1.54) is 23.5 Å². The number of carbonyl (C=O) groups excluding carboxylic acids is 2. The quantitative estimate of drug-likeness (QED) is 0.532. The first-order chi connectivity index (χ1) is 16.3. The summed E-state index contributed by atoms with van der Waals surface area (Å²) in [6.07, 6.45) is 0. The fourth-order valence-electron chi connectivity index (χ4n) is 4.31. The second kappa shape index (κ2) is 7.84. The van der Waals surface area contributed by atoms with E-state index in [4.69, 9.17) is 4.74 Å². The Morgan fingerprint density at radius 1 is 0.853 bits per heavy atom. The fourth-order valence-corrected chi connectivity index (χ4v) is 5.94. The number of nitrogens with zero attached hydrogens (tertiary/aromatic N) is 3. The zero-order valence-electron chi connectivity index (χ0n) is 18.4. The minimum absolute atomic E-state index is 0.125. The van der Waals surface area contributed by atoms with Gasteiger partial charge in [0.25, 0.3) is 21.8 Å². The lowest BCUT2D eigenvalue weighted by molar-refractivity contribution is 0.0924. The number of fused-ring (bicyclic) bond motifs is 2. The van der Waals surface area contributed by atoms with Crippen molar-refractivity contribution in [2.45, 2.75) is 4.90 Å². The molecule has 2 heterocycles. The molecule has 0 fully saturated rings. The summed E-state index contributed by atoms with van der Waals surface area (Å²) < 4.78 is 49.2. The molecular formula is C24H20FN3O5S. The molecule has 2 amide bonds. The van der Waals surface area contributed by atoms with Gasteiger partial charge < -0.3 is 9.64 Å². The first-order valence-corrected chi connectivity index (χ1v) is 11.9. The van der Waals surface area contributed by atoms with Gasteiger partial charge in [0, 0.05) is 19.7 Å². The number of para-hydroxylation sites is 2. The molecule has 0 radical (unpaired) electrons. The second-order valence-corrected chi connectivity index (χ2v) is 9.76. The minimum atomic E-state index is -4.25. The molecule has 174 valence electrons. The first kappa shape index (κ1) is 21.9. The van der Waals surface area contributed by atoms with Gasteiger partial charge in [0.2, 0.25) is 0 Å². The molecule has 34 heavy (non-hydrogen) atoms. The molecule has 8 nitrogen and oxygen atoms in total. The molecule has 0 aliphatic carbocycles. The van der Waals surface area contributed by atoms with Gasteiger partial charge in [-0.2, -0.15) is 0 Å². The van der Waals surface area contributed by atoms with Gasteiger partial charge in [-0.3, -0.25) is 13.9 Å². The van der Waals surface area contributed by atoms with E-state index < -0.39 is 33.3 Å². The summed E-state index contributed by atoms with van der Waals surface area (Å²) in [5.74, 6) is -2.63. The number of hydrogen-bond donors (Lipinski definition) is 0. The number of rotatable bonds is 4. The Balaban J connectivity index is 1.65. The number of ether oxygens (including phenoxy) is 1. The van der Waals surface area contributed by atoms with Crippen LogP contribution in [-0.4, -0.2) is 47.5 Å². The standard InChI is InChI=1S/C24H20FN3O5S/c1-26-11-12-27(19-10-6-5-9-18(19)26)34(31,32)22-14-20(17(25)13-21(22)33-2)28-23(29)15-7-3-4-8-16(15)24(28)30/h3-10,13-14H,11-12H2,1-2H3. The minimum Gasteiger partial charge on any atom is -0.495 e. The molecule has 2 aliphatic heterocycles. The van der Waals surface area contributed by atoms with Crippen molar-refractivity contribution in [3.63, 3.8) is 0 Å². The van der Waals surface area contributed by atoms with Crippen molar-refractivity contribution >= 4 is 38.9 Å². The van der Waals surface area contributed by atoms with E-state index in [0.717, 1.165) is 17.8 Å². The van der Waals surface area contributed by atoms with Crippen molar-refractivity contribution in [2.75, 3.05) is 41.4 Å². The van der Waals surface area contributed by atoms with Crippen LogP contribution in [0.25, 0.3) is 0 Å². The van der Waals surface area contributed by atoms with Gasteiger partial charge in [-0.15, -0.1) is 0 Å². The third-order valence-corrected chi connectivity index (χ3v) is 7.87. The van der Waals surface area contributed by atoms with E-state index >= 15 is 4.39 Å². The number of carbonyl (C=O) groups is 2. The molecule has 5 rings (SSSR count). The summed E-state index contributed by atoms with van der Waals surface area (Å²) in [6, 6.07) is 15.0. The van der Waals surface area contributed by atoms with Crippen LogP contribution in [-0.2, 0) is 10.0 Å². The molecule has 0 unspecified atom stereocenters. The number of benzene rings is 3. The monoisotopic (exact) mass is 481 g/mol. The Morgan fingerprint density at radius 2 is 1.44 bits per heavy atom. The number of imide groups is 1. The Labute approximate surface area is 195 Å². The Kier molecular flexibility index (Phi) is 5.05. The predicted octanol–water partition coefficient (Wildman–Crippen LogP) is 3.28. The summed E-state index contributed by atoms with van der Waals surface area (Å²) >= 11 is 0. The van der Waals surface area contributed by atoms with Crippen molar-refractivity contribution in [2.24, 2.45) is 0 Å². The van der Waals surface area contributed by atoms with E-state index in [1.807, 2.05) is 24.1 Å². The fraction of sp³-hybridized carbons (Fsp3) is 0.167. The lowest BCUT2D eigenvalue weighted by Gasteiger charge is -2.36. The molecule has 0 spiro atoms. The van der Waals surface area contributed by atoms with E-state index in [9.17, 15) is 18.0 Å². The third kappa shape index (κ3) is 3.13. The number of methoxy groups -OCH3 is 1. The van der Waals surface area contributed by atoms with Gasteiger partial charge in [0.05, 0.1) is 41.8 Å².